The molecule has 0 aliphatic carbocycles. The van der Waals surface area contributed by atoms with Crippen LogP contribution in [0, 0.1) is 0 Å². The molecule has 0 spiro atoms. The number of aromatic nitrogens is 1. The van der Waals surface area contributed by atoms with Crippen LogP contribution in [0.2, 0.25) is 0 Å². The van der Waals surface area contributed by atoms with Gasteiger partial charge in [0.2, 0.25) is 5.88 Å². The second-order valence-electron chi connectivity index (χ2n) is 4.16. The van der Waals surface area contributed by atoms with Gasteiger partial charge < -0.3 is 10.1 Å². The summed E-state index contributed by atoms with van der Waals surface area (Å²) >= 11 is 5.15. The summed E-state index contributed by atoms with van der Waals surface area (Å²) in [5, 5.41) is 5.43. The lowest BCUT2D eigenvalue weighted by atomic mass is 10.2. The van der Waals surface area contributed by atoms with Crippen LogP contribution < -0.4 is 10.1 Å². The molecule has 0 atom stereocenters. The summed E-state index contributed by atoms with van der Waals surface area (Å²) in [7, 11) is 0. The van der Waals surface area contributed by atoms with E-state index in [1.54, 1.807) is 17.5 Å². The van der Waals surface area contributed by atoms with E-state index in [4.69, 9.17) is 4.74 Å². The summed E-state index contributed by atoms with van der Waals surface area (Å²) in [5.74, 6) is 0.709. The molecule has 2 heterocycles. The number of nitrogens with one attached hydrogen (secondary N) is 1. The van der Waals surface area contributed by atoms with Crippen molar-refractivity contribution in [3.8, 4) is 5.88 Å². The van der Waals surface area contributed by atoms with Gasteiger partial charge in [0.15, 0.2) is 0 Å². The molecule has 1 N–H and O–H groups in total. The van der Waals surface area contributed by atoms with Gasteiger partial charge in [-0.1, -0.05) is 13.0 Å². The molecule has 3 nitrogen and oxygen atoms in total. The zero-order valence-electron chi connectivity index (χ0n) is 10.9. The van der Waals surface area contributed by atoms with Crippen molar-refractivity contribution in [2.24, 2.45) is 0 Å². The first kappa shape index (κ1) is 14.5. The highest BCUT2D eigenvalue weighted by molar-refractivity contribution is 9.10. The van der Waals surface area contributed by atoms with Crippen LogP contribution in [0.25, 0.3) is 0 Å². The van der Waals surface area contributed by atoms with Gasteiger partial charge in [0.1, 0.15) is 6.61 Å². The smallest absolute Gasteiger partial charge is 0.218 e. The maximum atomic E-state index is 5.81. The predicted octanol–water partition coefficient (Wildman–Crippen LogP) is 3.98. The van der Waals surface area contributed by atoms with Crippen LogP contribution in [-0.2, 0) is 13.2 Å². The first-order valence-electron chi connectivity index (χ1n) is 6.30. The molecule has 0 fully saturated rings. The van der Waals surface area contributed by atoms with Gasteiger partial charge in [-0.3, -0.25) is 0 Å². The second kappa shape index (κ2) is 7.62. The maximum Gasteiger partial charge on any atom is 0.218 e. The molecule has 0 saturated heterocycles. The predicted molar refractivity (Wildman–Crippen MR) is 82.6 cm³/mol. The lowest BCUT2D eigenvalue weighted by molar-refractivity contribution is 0.293. The largest absolute Gasteiger partial charge is 0.472 e. The molecule has 0 saturated carbocycles. The van der Waals surface area contributed by atoms with Gasteiger partial charge in [-0.25, -0.2) is 4.98 Å². The van der Waals surface area contributed by atoms with Crippen molar-refractivity contribution in [1.82, 2.24) is 10.3 Å². The standard InChI is InChI=1S/C14H17BrN2OS/c1-2-5-16-8-11-7-12(15)9-17-14(11)18-10-13-4-3-6-19-13/h3-4,6-7,9,16H,2,5,8,10H2,1H3. The third kappa shape index (κ3) is 4.60. The fourth-order valence-electron chi connectivity index (χ4n) is 1.66. The molecular formula is C14H17BrN2OS. The number of ether oxygens (including phenoxy) is 1. The average molecular weight is 341 g/mol. The van der Waals surface area contributed by atoms with E-state index in [0.717, 1.165) is 29.5 Å². The van der Waals surface area contributed by atoms with Crippen LogP contribution in [0.1, 0.15) is 23.8 Å². The van der Waals surface area contributed by atoms with E-state index < -0.39 is 0 Å². The molecule has 5 heteroatoms. The molecular weight excluding hydrogens is 324 g/mol. The third-order valence-electron chi connectivity index (χ3n) is 2.57. The highest BCUT2D eigenvalue weighted by Gasteiger charge is 2.07. The summed E-state index contributed by atoms with van der Waals surface area (Å²) in [5.41, 5.74) is 1.08. The molecule has 0 unspecified atom stereocenters. The van der Waals surface area contributed by atoms with Gasteiger partial charge in [-0.2, -0.15) is 0 Å². The Hall–Kier alpha value is -0.910. The highest BCUT2D eigenvalue weighted by Crippen LogP contribution is 2.21. The van der Waals surface area contributed by atoms with Crippen LogP contribution in [0.5, 0.6) is 5.88 Å². The Morgan fingerprint density at radius 1 is 1.47 bits per heavy atom. The van der Waals surface area contributed by atoms with Gasteiger partial charge in [-0.15, -0.1) is 11.3 Å². The number of hydrogen-bond acceptors (Lipinski definition) is 4. The number of hydrogen-bond donors (Lipinski definition) is 1. The molecule has 0 aliphatic heterocycles. The molecule has 102 valence electrons. The lowest BCUT2D eigenvalue weighted by Crippen LogP contribution is -2.15. The molecule has 0 aromatic carbocycles. The molecule has 0 radical (unpaired) electrons. The van der Waals surface area contributed by atoms with Crippen molar-refractivity contribution in [3.05, 3.63) is 44.7 Å². The van der Waals surface area contributed by atoms with Gasteiger partial charge in [-0.05, 0) is 46.4 Å². The Bertz CT molecular complexity index is 502. The fourth-order valence-corrected chi connectivity index (χ4v) is 2.65. The Labute approximate surface area is 126 Å². The number of nitrogens with zero attached hydrogens (tertiary/aromatic N) is 1. The van der Waals surface area contributed by atoms with E-state index in [9.17, 15) is 0 Å². The minimum atomic E-state index is 0.576. The van der Waals surface area contributed by atoms with Crippen LogP contribution >= 0.6 is 27.3 Å². The van der Waals surface area contributed by atoms with Crippen LogP contribution in [0.15, 0.2) is 34.2 Å². The molecule has 2 aromatic heterocycles. The normalized spacial score (nSPS) is 10.6. The molecule has 2 aromatic rings. The van der Waals surface area contributed by atoms with E-state index in [1.165, 1.54) is 4.88 Å². The van der Waals surface area contributed by atoms with E-state index >= 15 is 0 Å². The number of thiophene rings is 1. The van der Waals surface area contributed by atoms with E-state index in [2.05, 4.69) is 50.7 Å². The van der Waals surface area contributed by atoms with Gasteiger partial charge in [0.05, 0.1) is 0 Å². The fraction of sp³-hybridized carbons (Fsp3) is 0.357. The maximum absolute atomic E-state index is 5.81. The zero-order valence-corrected chi connectivity index (χ0v) is 13.3. The SMILES string of the molecule is CCCNCc1cc(Br)cnc1OCc1cccs1. The lowest BCUT2D eigenvalue weighted by Gasteiger charge is -2.10. The summed E-state index contributed by atoms with van der Waals surface area (Å²) < 4.78 is 6.78. The Morgan fingerprint density at radius 3 is 3.11 bits per heavy atom. The molecule has 2 rings (SSSR count). The Balaban J connectivity index is 2.01. The number of halogens is 1. The molecule has 0 amide bonds. The molecule has 0 aliphatic rings. The van der Waals surface area contributed by atoms with Gasteiger partial charge in [0, 0.05) is 27.7 Å². The zero-order chi connectivity index (χ0) is 13.5. The van der Waals surface area contributed by atoms with Crippen molar-refractivity contribution < 1.29 is 4.74 Å². The second-order valence-corrected chi connectivity index (χ2v) is 6.11. The first-order valence-corrected chi connectivity index (χ1v) is 7.97. The van der Waals surface area contributed by atoms with Crippen molar-refractivity contribution in [1.29, 1.82) is 0 Å². The third-order valence-corrected chi connectivity index (χ3v) is 3.85. The van der Waals surface area contributed by atoms with Crippen LogP contribution in [0.3, 0.4) is 0 Å². The number of pyridine rings is 1. The van der Waals surface area contributed by atoms with Crippen molar-refractivity contribution in [2.75, 3.05) is 6.54 Å². The van der Waals surface area contributed by atoms with E-state index in [1.807, 2.05) is 6.07 Å². The van der Waals surface area contributed by atoms with Gasteiger partial charge >= 0.3 is 0 Å². The van der Waals surface area contributed by atoms with Crippen LogP contribution in [-0.4, -0.2) is 11.5 Å². The van der Waals surface area contributed by atoms with E-state index in [-0.39, 0.29) is 0 Å². The minimum absolute atomic E-state index is 0.576. The van der Waals surface area contributed by atoms with Crippen molar-refractivity contribution in [3.63, 3.8) is 0 Å². The monoisotopic (exact) mass is 340 g/mol. The Morgan fingerprint density at radius 2 is 2.37 bits per heavy atom. The van der Waals surface area contributed by atoms with Gasteiger partial charge in [0.25, 0.3) is 0 Å². The van der Waals surface area contributed by atoms with Crippen molar-refractivity contribution >= 4 is 27.3 Å². The topological polar surface area (TPSA) is 34.2 Å². The Kier molecular flexibility index (Phi) is 5.82. The average Bonchev–Trinajstić information content (AvgIpc) is 2.91. The van der Waals surface area contributed by atoms with Crippen LogP contribution in [0.4, 0.5) is 0 Å². The quantitative estimate of drug-likeness (QED) is 0.774. The molecule has 19 heavy (non-hydrogen) atoms. The van der Waals surface area contributed by atoms with E-state index in [0.29, 0.717) is 12.5 Å². The summed E-state index contributed by atoms with van der Waals surface area (Å²) in [6.45, 7) is 4.50. The summed E-state index contributed by atoms with van der Waals surface area (Å²) in [4.78, 5) is 5.56. The first-order chi connectivity index (χ1) is 9.29. The number of rotatable bonds is 7. The molecule has 0 bridgehead atoms. The highest BCUT2D eigenvalue weighted by atomic mass is 79.9. The van der Waals surface area contributed by atoms with Crippen molar-refractivity contribution in [2.45, 2.75) is 26.5 Å². The summed E-state index contributed by atoms with van der Waals surface area (Å²) in [6.07, 6.45) is 2.89. The minimum Gasteiger partial charge on any atom is -0.472 e. The summed E-state index contributed by atoms with van der Waals surface area (Å²) in [6, 6.07) is 6.15.